The van der Waals surface area contributed by atoms with Crippen LogP contribution in [0.25, 0.3) is 5.69 Å². The van der Waals surface area contributed by atoms with Crippen LogP contribution in [-0.2, 0) is 17.9 Å². The molecule has 3 aromatic rings. The number of aryl methyl sites for hydroxylation is 1. The molecule has 2 amide bonds. The first-order valence-corrected chi connectivity index (χ1v) is 13.5. The molecule has 8 nitrogen and oxygen atoms in total. The molecule has 2 aliphatic heterocycles. The molecule has 0 saturated carbocycles. The summed E-state index contributed by atoms with van der Waals surface area (Å²) in [6.07, 6.45) is 7.58. The fourth-order valence-corrected chi connectivity index (χ4v) is 5.26. The zero-order valence-electron chi connectivity index (χ0n) is 22.0. The topological polar surface area (TPSA) is 88.7 Å². The Hall–Kier alpha value is -3.27. The minimum Gasteiger partial charge on any atom is -0.373 e. The number of aromatic nitrogens is 2. The molecule has 3 heterocycles. The van der Waals surface area contributed by atoms with Gasteiger partial charge in [-0.1, -0.05) is 12.1 Å². The molecule has 38 heavy (non-hydrogen) atoms. The van der Waals surface area contributed by atoms with Gasteiger partial charge in [-0.05, 0) is 80.6 Å². The number of hydrogen-bond donors (Lipinski definition) is 2. The van der Waals surface area contributed by atoms with E-state index in [1.54, 1.807) is 18.5 Å². The standard InChI is InChI=1S/C29H37FN6O2/c1-21-16-36(20-32-21)27-14-23(17-34-10-2-3-25(31)18-34)13-26(15-27)33-29(37)35-11-8-28(9-12-35)38-19-22-4-6-24(30)7-5-22/h4-7,13-16,20,25,28H,2-3,8-12,17-19,31H2,1H3,(H,33,37)/t25-/m0/s1. The summed E-state index contributed by atoms with van der Waals surface area (Å²) in [4.78, 5) is 21.8. The lowest BCUT2D eigenvalue weighted by molar-refractivity contribution is 0.00538. The number of rotatable bonds is 7. The molecule has 0 aliphatic carbocycles. The summed E-state index contributed by atoms with van der Waals surface area (Å²) in [6.45, 7) is 6.36. The number of nitrogens with one attached hydrogen (secondary N) is 1. The fraction of sp³-hybridized carbons (Fsp3) is 0.448. The van der Waals surface area contributed by atoms with Crippen LogP contribution in [0, 0.1) is 12.7 Å². The van der Waals surface area contributed by atoms with Crippen LogP contribution >= 0.6 is 0 Å². The monoisotopic (exact) mass is 520 g/mol. The Kier molecular flexibility index (Phi) is 8.36. The molecular formula is C29H37FN6O2. The van der Waals surface area contributed by atoms with Crippen molar-refractivity contribution in [3.8, 4) is 5.69 Å². The summed E-state index contributed by atoms with van der Waals surface area (Å²) in [5, 5.41) is 3.13. The number of urea groups is 1. The maximum Gasteiger partial charge on any atom is 0.321 e. The van der Waals surface area contributed by atoms with Crippen molar-refractivity contribution in [3.63, 3.8) is 0 Å². The molecule has 1 aromatic heterocycles. The molecule has 2 saturated heterocycles. The first-order chi connectivity index (χ1) is 18.4. The van der Waals surface area contributed by atoms with Crippen molar-refractivity contribution >= 4 is 11.7 Å². The van der Waals surface area contributed by atoms with Gasteiger partial charge in [-0.25, -0.2) is 14.2 Å². The van der Waals surface area contributed by atoms with Gasteiger partial charge in [0.15, 0.2) is 0 Å². The molecule has 0 bridgehead atoms. The predicted molar refractivity (Wildman–Crippen MR) is 146 cm³/mol. The molecular weight excluding hydrogens is 483 g/mol. The number of carbonyl (C=O) groups excluding carboxylic acids is 1. The lowest BCUT2D eigenvalue weighted by Crippen LogP contribution is -2.43. The van der Waals surface area contributed by atoms with Crippen LogP contribution in [0.2, 0.25) is 0 Å². The molecule has 202 valence electrons. The Morgan fingerprint density at radius 2 is 1.89 bits per heavy atom. The summed E-state index contributed by atoms with van der Waals surface area (Å²) in [5.41, 5.74) is 11.0. The van der Waals surface area contributed by atoms with E-state index in [9.17, 15) is 9.18 Å². The lowest BCUT2D eigenvalue weighted by Gasteiger charge is -2.32. The second-order valence-corrected chi connectivity index (χ2v) is 10.5. The number of amides is 2. The second kappa shape index (κ2) is 12.1. The van der Waals surface area contributed by atoms with Crippen molar-refractivity contribution < 1.29 is 13.9 Å². The van der Waals surface area contributed by atoms with Crippen LogP contribution in [0.1, 0.15) is 42.5 Å². The number of nitrogens with two attached hydrogens (primary N) is 1. The van der Waals surface area contributed by atoms with E-state index in [-0.39, 0.29) is 24.0 Å². The third-order valence-corrected chi connectivity index (χ3v) is 7.31. The van der Waals surface area contributed by atoms with Gasteiger partial charge in [-0.3, -0.25) is 4.90 Å². The van der Waals surface area contributed by atoms with Gasteiger partial charge in [0.05, 0.1) is 24.7 Å². The molecule has 0 radical (unpaired) electrons. The molecule has 5 rings (SSSR count). The van der Waals surface area contributed by atoms with Crippen molar-refractivity contribution in [2.24, 2.45) is 5.73 Å². The number of imidazole rings is 1. The zero-order valence-corrected chi connectivity index (χ0v) is 22.0. The van der Waals surface area contributed by atoms with Crippen molar-refractivity contribution in [2.75, 3.05) is 31.5 Å². The van der Waals surface area contributed by atoms with Crippen molar-refractivity contribution in [1.29, 1.82) is 0 Å². The average Bonchev–Trinajstić information content (AvgIpc) is 3.35. The largest absolute Gasteiger partial charge is 0.373 e. The van der Waals surface area contributed by atoms with Crippen LogP contribution in [0.4, 0.5) is 14.9 Å². The van der Waals surface area contributed by atoms with Gasteiger partial charge in [-0.2, -0.15) is 0 Å². The zero-order chi connectivity index (χ0) is 26.5. The minimum atomic E-state index is -0.249. The number of halogens is 1. The van der Waals surface area contributed by atoms with Crippen LogP contribution < -0.4 is 11.1 Å². The van der Waals surface area contributed by atoms with E-state index in [4.69, 9.17) is 10.5 Å². The number of hydrogen-bond acceptors (Lipinski definition) is 5. The first kappa shape index (κ1) is 26.3. The Balaban J connectivity index is 1.21. The van der Waals surface area contributed by atoms with Crippen molar-refractivity contribution in [1.82, 2.24) is 19.4 Å². The predicted octanol–water partition coefficient (Wildman–Crippen LogP) is 4.46. The number of piperidine rings is 2. The molecule has 1 atom stereocenters. The van der Waals surface area contributed by atoms with E-state index in [2.05, 4.69) is 27.3 Å². The Morgan fingerprint density at radius 3 is 2.61 bits per heavy atom. The highest BCUT2D eigenvalue weighted by molar-refractivity contribution is 5.89. The van der Waals surface area contributed by atoms with Gasteiger partial charge < -0.3 is 25.3 Å². The van der Waals surface area contributed by atoms with Gasteiger partial charge >= 0.3 is 6.03 Å². The lowest BCUT2D eigenvalue weighted by atomic mass is 10.1. The van der Waals surface area contributed by atoms with Gasteiger partial charge in [-0.15, -0.1) is 0 Å². The highest BCUT2D eigenvalue weighted by Gasteiger charge is 2.24. The van der Waals surface area contributed by atoms with Crippen LogP contribution in [0.15, 0.2) is 55.0 Å². The van der Waals surface area contributed by atoms with E-state index in [0.717, 1.165) is 73.5 Å². The Bertz CT molecular complexity index is 1220. The third-order valence-electron chi connectivity index (χ3n) is 7.31. The smallest absolute Gasteiger partial charge is 0.321 e. The van der Waals surface area contributed by atoms with E-state index in [0.29, 0.717) is 19.7 Å². The van der Waals surface area contributed by atoms with Gasteiger partial charge in [0.2, 0.25) is 0 Å². The minimum absolute atomic E-state index is 0.0828. The van der Waals surface area contributed by atoms with Crippen molar-refractivity contribution in [3.05, 3.63) is 77.6 Å². The molecule has 2 fully saturated rings. The number of benzene rings is 2. The quantitative estimate of drug-likeness (QED) is 0.480. The number of carbonyl (C=O) groups is 1. The number of ether oxygens (including phenoxy) is 1. The van der Waals surface area contributed by atoms with Crippen LogP contribution in [-0.4, -0.2) is 63.7 Å². The van der Waals surface area contributed by atoms with E-state index < -0.39 is 0 Å². The normalized spacial score (nSPS) is 19.0. The Morgan fingerprint density at radius 1 is 1.11 bits per heavy atom. The maximum atomic E-state index is 13.2. The van der Waals surface area contributed by atoms with Gasteiger partial charge in [0.1, 0.15) is 5.82 Å². The van der Waals surface area contributed by atoms with E-state index in [1.165, 1.54) is 12.1 Å². The Labute approximate surface area is 223 Å². The average molecular weight is 521 g/mol. The number of anilines is 1. The number of nitrogens with zero attached hydrogens (tertiary/aromatic N) is 4. The SMILES string of the molecule is Cc1cn(-c2cc(CN3CCC[C@H](N)C3)cc(NC(=O)N3CCC(OCc4ccc(F)cc4)CC3)c2)cn1. The maximum absolute atomic E-state index is 13.2. The van der Waals surface area contributed by atoms with E-state index >= 15 is 0 Å². The van der Waals surface area contributed by atoms with Crippen LogP contribution in [0.3, 0.4) is 0 Å². The highest BCUT2D eigenvalue weighted by atomic mass is 19.1. The highest BCUT2D eigenvalue weighted by Crippen LogP contribution is 2.23. The molecule has 0 unspecified atom stereocenters. The van der Waals surface area contributed by atoms with Gasteiger partial charge in [0.25, 0.3) is 0 Å². The molecule has 3 N–H and O–H groups in total. The molecule has 0 spiro atoms. The van der Waals surface area contributed by atoms with Crippen molar-refractivity contribution in [2.45, 2.75) is 57.9 Å². The fourth-order valence-electron chi connectivity index (χ4n) is 5.26. The summed E-state index contributed by atoms with van der Waals surface area (Å²) in [7, 11) is 0. The first-order valence-electron chi connectivity index (χ1n) is 13.5. The second-order valence-electron chi connectivity index (χ2n) is 10.5. The van der Waals surface area contributed by atoms with Gasteiger partial charge in [0, 0.05) is 49.8 Å². The summed E-state index contributed by atoms with van der Waals surface area (Å²) < 4.78 is 21.1. The molecule has 9 heteroatoms. The summed E-state index contributed by atoms with van der Waals surface area (Å²) in [6, 6.07) is 12.7. The van der Waals surface area contributed by atoms with Crippen LogP contribution in [0.5, 0.6) is 0 Å². The molecule has 2 aliphatic rings. The third kappa shape index (κ3) is 6.98. The number of likely N-dealkylation sites (tertiary alicyclic amines) is 2. The molecule has 2 aromatic carbocycles. The summed E-state index contributed by atoms with van der Waals surface area (Å²) in [5.74, 6) is -0.249. The van der Waals surface area contributed by atoms with E-state index in [1.807, 2.05) is 28.7 Å². The summed E-state index contributed by atoms with van der Waals surface area (Å²) >= 11 is 0.